The molecule has 0 saturated heterocycles. The fourth-order valence-electron chi connectivity index (χ4n) is 3.71. The smallest absolute Gasteiger partial charge is 0.360 e. The topological polar surface area (TPSA) is 97.6 Å². The van der Waals surface area contributed by atoms with Gasteiger partial charge >= 0.3 is 12.0 Å². The standard InChI is InChI=1S/C25H23ClF2N4O4/c1-3-35-23(33)21-22(36-14-30-21)16-12-19(26)20(29-13-16)15-8-10-32(11-9-15)24(34)31-18-6-4-17(5-7-18)25(2,27)28/h4-8,12-14H,3,9-11H2,1-2H3,(H,31,34). The minimum atomic E-state index is -2.94. The number of benzene rings is 1. The summed E-state index contributed by atoms with van der Waals surface area (Å²) in [6, 6.07) is 6.76. The lowest BCUT2D eigenvalue weighted by Crippen LogP contribution is -2.38. The Kier molecular flexibility index (Phi) is 7.35. The van der Waals surface area contributed by atoms with Crippen LogP contribution >= 0.6 is 11.6 Å². The summed E-state index contributed by atoms with van der Waals surface area (Å²) in [5, 5.41) is 3.08. The van der Waals surface area contributed by atoms with Crippen molar-refractivity contribution in [1.82, 2.24) is 14.9 Å². The van der Waals surface area contributed by atoms with E-state index in [1.807, 2.05) is 6.08 Å². The fraction of sp³-hybridized carbons (Fsp3) is 0.280. The molecule has 1 aromatic carbocycles. The van der Waals surface area contributed by atoms with E-state index in [4.69, 9.17) is 20.8 Å². The van der Waals surface area contributed by atoms with E-state index in [0.717, 1.165) is 18.9 Å². The highest BCUT2D eigenvalue weighted by Crippen LogP contribution is 2.32. The van der Waals surface area contributed by atoms with Gasteiger partial charge in [0.1, 0.15) is 0 Å². The van der Waals surface area contributed by atoms with Crippen molar-refractivity contribution in [3.8, 4) is 11.3 Å². The molecule has 2 aromatic heterocycles. The van der Waals surface area contributed by atoms with Crippen molar-refractivity contribution < 1.29 is 27.5 Å². The van der Waals surface area contributed by atoms with Crippen molar-refractivity contribution in [2.45, 2.75) is 26.2 Å². The van der Waals surface area contributed by atoms with Gasteiger partial charge in [0.2, 0.25) is 0 Å². The SMILES string of the molecule is CCOC(=O)c1ncoc1-c1cnc(C2=CCN(C(=O)Nc3ccc(C(C)(F)F)cc3)CC2)c(Cl)c1. The first kappa shape index (κ1) is 25.3. The predicted octanol–water partition coefficient (Wildman–Crippen LogP) is 6.00. The maximum Gasteiger partial charge on any atom is 0.360 e. The molecule has 0 fully saturated rings. The largest absolute Gasteiger partial charge is 0.461 e. The second kappa shape index (κ2) is 10.4. The Hall–Kier alpha value is -3.79. The van der Waals surface area contributed by atoms with E-state index in [9.17, 15) is 18.4 Å². The van der Waals surface area contributed by atoms with Crippen LogP contribution in [0.25, 0.3) is 16.9 Å². The Morgan fingerprint density at radius 3 is 2.61 bits per heavy atom. The summed E-state index contributed by atoms with van der Waals surface area (Å²) in [4.78, 5) is 34.7. The number of aromatic nitrogens is 2. The maximum absolute atomic E-state index is 13.4. The van der Waals surface area contributed by atoms with Crippen LogP contribution in [0, 0.1) is 0 Å². The molecule has 3 aromatic rings. The van der Waals surface area contributed by atoms with Crippen LogP contribution in [-0.4, -0.2) is 46.6 Å². The molecule has 0 saturated carbocycles. The van der Waals surface area contributed by atoms with Crippen LogP contribution in [-0.2, 0) is 10.7 Å². The molecular weight excluding hydrogens is 494 g/mol. The normalized spacial score (nSPS) is 13.8. The quantitative estimate of drug-likeness (QED) is 0.403. The molecule has 1 aliphatic rings. The highest BCUT2D eigenvalue weighted by atomic mass is 35.5. The number of amides is 2. The summed E-state index contributed by atoms with van der Waals surface area (Å²) in [5.74, 6) is -3.33. The van der Waals surface area contributed by atoms with E-state index in [0.29, 0.717) is 41.5 Å². The molecular formula is C25H23ClF2N4O4. The Morgan fingerprint density at radius 1 is 1.25 bits per heavy atom. The molecule has 0 spiro atoms. The number of nitrogens with zero attached hydrogens (tertiary/aromatic N) is 3. The number of alkyl halides is 2. The number of hydrogen-bond acceptors (Lipinski definition) is 6. The van der Waals surface area contributed by atoms with Gasteiger partial charge in [-0.25, -0.2) is 23.4 Å². The molecule has 1 N–H and O–H groups in total. The molecule has 2 amide bonds. The summed E-state index contributed by atoms with van der Waals surface area (Å²) in [7, 11) is 0. The average molecular weight is 517 g/mol. The molecule has 11 heteroatoms. The van der Waals surface area contributed by atoms with Gasteiger partial charge in [0, 0.05) is 43.0 Å². The number of ether oxygens (including phenoxy) is 1. The second-order valence-electron chi connectivity index (χ2n) is 8.13. The Balaban J connectivity index is 1.42. The fourth-order valence-corrected chi connectivity index (χ4v) is 4.00. The van der Waals surface area contributed by atoms with E-state index >= 15 is 0 Å². The highest BCUT2D eigenvalue weighted by molar-refractivity contribution is 6.32. The second-order valence-corrected chi connectivity index (χ2v) is 8.53. The maximum atomic E-state index is 13.4. The summed E-state index contributed by atoms with van der Waals surface area (Å²) in [6.45, 7) is 3.46. The van der Waals surface area contributed by atoms with Crippen molar-refractivity contribution in [2.75, 3.05) is 25.0 Å². The molecule has 188 valence electrons. The van der Waals surface area contributed by atoms with Crippen molar-refractivity contribution in [1.29, 1.82) is 0 Å². The number of nitrogens with one attached hydrogen (secondary N) is 1. The van der Waals surface area contributed by atoms with Crippen molar-refractivity contribution in [2.24, 2.45) is 0 Å². The van der Waals surface area contributed by atoms with Crippen LogP contribution in [0.5, 0.6) is 0 Å². The summed E-state index contributed by atoms with van der Waals surface area (Å²) in [5.41, 5.74) is 2.26. The molecule has 0 atom stereocenters. The summed E-state index contributed by atoms with van der Waals surface area (Å²) < 4.78 is 37.1. The molecule has 0 radical (unpaired) electrons. The molecule has 36 heavy (non-hydrogen) atoms. The lowest BCUT2D eigenvalue weighted by atomic mass is 10.0. The first-order valence-electron chi connectivity index (χ1n) is 11.2. The molecule has 0 bridgehead atoms. The number of esters is 1. The number of oxazole rings is 1. The number of rotatable bonds is 6. The van der Waals surface area contributed by atoms with Crippen LogP contribution in [0.15, 0.2) is 53.4 Å². The number of carbonyl (C=O) groups excluding carboxylic acids is 2. The lowest BCUT2D eigenvalue weighted by Gasteiger charge is -2.27. The van der Waals surface area contributed by atoms with Crippen LogP contribution < -0.4 is 5.32 Å². The number of urea groups is 1. The first-order chi connectivity index (χ1) is 17.2. The van der Waals surface area contributed by atoms with Gasteiger partial charge in [0.15, 0.2) is 17.8 Å². The molecule has 8 nitrogen and oxygen atoms in total. The molecule has 0 aliphatic carbocycles. The minimum absolute atomic E-state index is 0.0408. The number of carbonyl (C=O) groups is 2. The van der Waals surface area contributed by atoms with Gasteiger partial charge < -0.3 is 19.4 Å². The number of anilines is 1. The zero-order valence-electron chi connectivity index (χ0n) is 19.6. The van der Waals surface area contributed by atoms with E-state index < -0.39 is 11.9 Å². The van der Waals surface area contributed by atoms with Gasteiger partial charge in [-0.3, -0.25) is 4.98 Å². The Morgan fingerprint density at radius 2 is 2.00 bits per heavy atom. The Bertz CT molecular complexity index is 1300. The predicted molar refractivity (Wildman–Crippen MR) is 130 cm³/mol. The van der Waals surface area contributed by atoms with Gasteiger partial charge in [0.05, 0.1) is 17.3 Å². The Labute approximate surface area is 210 Å². The molecule has 1 aliphatic heterocycles. The summed E-state index contributed by atoms with van der Waals surface area (Å²) in [6.07, 6.45) is 5.06. The van der Waals surface area contributed by atoms with E-state index in [2.05, 4.69) is 15.3 Å². The van der Waals surface area contributed by atoms with Crippen LogP contribution in [0.3, 0.4) is 0 Å². The van der Waals surface area contributed by atoms with Gasteiger partial charge in [0.25, 0.3) is 5.92 Å². The first-order valence-corrected chi connectivity index (χ1v) is 11.6. The highest BCUT2D eigenvalue weighted by Gasteiger charge is 2.25. The van der Waals surface area contributed by atoms with Gasteiger partial charge in [-0.15, -0.1) is 0 Å². The average Bonchev–Trinajstić information content (AvgIpc) is 3.34. The number of halogens is 3. The third kappa shape index (κ3) is 5.54. The monoisotopic (exact) mass is 516 g/mol. The third-order valence-corrected chi connectivity index (χ3v) is 5.87. The molecule has 0 unspecified atom stereocenters. The summed E-state index contributed by atoms with van der Waals surface area (Å²) >= 11 is 6.50. The minimum Gasteiger partial charge on any atom is -0.461 e. The zero-order chi connectivity index (χ0) is 25.9. The van der Waals surface area contributed by atoms with E-state index in [-0.39, 0.29) is 29.7 Å². The zero-order valence-corrected chi connectivity index (χ0v) is 20.3. The lowest BCUT2D eigenvalue weighted by molar-refractivity contribution is 0.0175. The molecule has 4 rings (SSSR count). The van der Waals surface area contributed by atoms with Crippen LogP contribution in [0.2, 0.25) is 5.02 Å². The van der Waals surface area contributed by atoms with Gasteiger partial charge in [-0.05, 0) is 37.1 Å². The van der Waals surface area contributed by atoms with E-state index in [1.165, 1.54) is 30.5 Å². The number of hydrogen-bond donors (Lipinski definition) is 1. The van der Waals surface area contributed by atoms with Crippen LogP contribution in [0.1, 0.15) is 42.0 Å². The third-order valence-electron chi connectivity index (χ3n) is 5.58. The molecule has 3 heterocycles. The van der Waals surface area contributed by atoms with E-state index in [1.54, 1.807) is 17.9 Å². The van der Waals surface area contributed by atoms with Gasteiger partial charge in [-0.2, -0.15) is 0 Å². The number of pyridine rings is 1. The van der Waals surface area contributed by atoms with Crippen molar-refractivity contribution in [3.05, 3.63) is 71.0 Å². The van der Waals surface area contributed by atoms with Crippen LogP contribution in [0.4, 0.5) is 19.3 Å². The van der Waals surface area contributed by atoms with Gasteiger partial charge in [-0.1, -0.05) is 29.8 Å². The van der Waals surface area contributed by atoms with Crippen molar-refractivity contribution >= 4 is 34.9 Å². The van der Waals surface area contributed by atoms with Crippen molar-refractivity contribution in [3.63, 3.8) is 0 Å².